The minimum Gasteiger partial charge on any atom is -0.212 e. The van der Waals surface area contributed by atoms with Crippen molar-refractivity contribution in [2.24, 2.45) is 5.92 Å². The van der Waals surface area contributed by atoms with Crippen LogP contribution in [-0.4, -0.2) is 36.4 Å². The van der Waals surface area contributed by atoms with Crippen LogP contribution in [0.3, 0.4) is 0 Å². The number of hydrogen-bond donors (Lipinski definition) is 0. The highest BCUT2D eigenvalue weighted by Crippen LogP contribution is 2.25. The summed E-state index contributed by atoms with van der Waals surface area (Å²) in [6.07, 6.45) is 0. The van der Waals surface area contributed by atoms with Gasteiger partial charge in [0, 0.05) is 17.9 Å². The van der Waals surface area contributed by atoms with Crippen LogP contribution in [0.1, 0.15) is 13.8 Å². The summed E-state index contributed by atoms with van der Waals surface area (Å²) in [6.45, 7) is 5.02. The molecular weight excluding hydrogens is 242 g/mol. The molecular formula is C7H14BrNO2S. The maximum Gasteiger partial charge on any atom is 0.213 e. The van der Waals surface area contributed by atoms with Gasteiger partial charge in [-0.3, -0.25) is 0 Å². The third-order valence-electron chi connectivity index (χ3n) is 2.25. The van der Waals surface area contributed by atoms with Gasteiger partial charge in [0.05, 0.1) is 5.75 Å². The van der Waals surface area contributed by atoms with Crippen molar-refractivity contribution in [3.05, 3.63) is 0 Å². The van der Waals surface area contributed by atoms with E-state index >= 15 is 0 Å². The Hall–Kier alpha value is 0.390. The smallest absolute Gasteiger partial charge is 0.212 e. The molecule has 0 aliphatic carbocycles. The van der Waals surface area contributed by atoms with E-state index in [2.05, 4.69) is 22.9 Å². The Kier molecular flexibility index (Phi) is 3.17. The largest absolute Gasteiger partial charge is 0.213 e. The Balaban J connectivity index is 2.70. The van der Waals surface area contributed by atoms with Crippen LogP contribution in [0.4, 0.5) is 0 Å². The lowest BCUT2D eigenvalue weighted by atomic mass is 10.2. The molecule has 0 aromatic carbocycles. The SMILES string of the molecule is CCS(=O)(=O)N1CC(C)C(Br)C1. The fraction of sp³-hybridized carbons (Fsp3) is 1.00. The van der Waals surface area contributed by atoms with Gasteiger partial charge in [-0.25, -0.2) is 12.7 Å². The predicted octanol–water partition coefficient (Wildman–Crippen LogP) is 1.05. The summed E-state index contributed by atoms with van der Waals surface area (Å²) in [4.78, 5) is 0.318. The molecule has 1 aliphatic rings. The molecule has 1 aliphatic heterocycles. The predicted molar refractivity (Wildman–Crippen MR) is 52.9 cm³/mol. The molecule has 2 atom stereocenters. The number of halogens is 1. The zero-order chi connectivity index (χ0) is 9.35. The third kappa shape index (κ3) is 2.00. The average molecular weight is 256 g/mol. The highest BCUT2D eigenvalue weighted by Gasteiger charge is 2.33. The molecule has 5 heteroatoms. The molecule has 0 bridgehead atoms. The topological polar surface area (TPSA) is 37.4 Å². The van der Waals surface area contributed by atoms with E-state index < -0.39 is 10.0 Å². The van der Waals surface area contributed by atoms with Gasteiger partial charge in [0.2, 0.25) is 10.0 Å². The lowest BCUT2D eigenvalue weighted by Gasteiger charge is -2.13. The Morgan fingerprint density at radius 1 is 1.50 bits per heavy atom. The summed E-state index contributed by atoms with van der Waals surface area (Å²) in [5.41, 5.74) is 0. The summed E-state index contributed by atoms with van der Waals surface area (Å²) in [5, 5.41) is 0. The zero-order valence-corrected chi connectivity index (χ0v) is 9.73. The molecule has 1 rings (SSSR count). The van der Waals surface area contributed by atoms with Gasteiger partial charge in [0.1, 0.15) is 0 Å². The van der Waals surface area contributed by atoms with Gasteiger partial charge in [-0.1, -0.05) is 22.9 Å². The van der Waals surface area contributed by atoms with E-state index in [1.807, 2.05) is 0 Å². The summed E-state index contributed by atoms with van der Waals surface area (Å²) >= 11 is 3.46. The van der Waals surface area contributed by atoms with Crippen LogP contribution in [0.5, 0.6) is 0 Å². The van der Waals surface area contributed by atoms with Gasteiger partial charge >= 0.3 is 0 Å². The van der Waals surface area contributed by atoms with Crippen molar-refractivity contribution in [3.63, 3.8) is 0 Å². The van der Waals surface area contributed by atoms with E-state index in [9.17, 15) is 8.42 Å². The van der Waals surface area contributed by atoms with Crippen LogP contribution >= 0.6 is 15.9 Å². The maximum atomic E-state index is 11.4. The van der Waals surface area contributed by atoms with E-state index in [1.165, 1.54) is 0 Å². The quantitative estimate of drug-likeness (QED) is 0.692. The van der Waals surface area contributed by atoms with Gasteiger partial charge in [-0.05, 0) is 12.8 Å². The minimum absolute atomic E-state index is 0.208. The number of alkyl halides is 1. The van der Waals surface area contributed by atoms with Crippen molar-refractivity contribution in [2.75, 3.05) is 18.8 Å². The standard InChI is InChI=1S/C7H14BrNO2S/c1-3-12(10,11)9-4-6(2)7(8)5-9/h6-7H,3-5H2,1-2H3. The number of hydrogen-bond acceptors (Lipinski definition) is 2. The fourth-order valence-corrected chi connectivity index (χ4v) is 3.22. The Morgan fingerprint density at radius 2 is 2.08 bits per heavy atom. The number of nitrogens with zero attached hydrogens (tertiary/aromatic N) is 1. The summed E-state index contributed by atoms with van der Waals surface area (Å²) in [5.74, 6) is 0.630. The lowest BCUT2D eigenvalue weighted by Crippen LogP contribution is -2.30. The first-order valence-electron chi connectivity index (χ1n) is 4.09. The van der Waals surface area contributed by atoms with Crippen LogP contribution in [0.2, 0.25) is 0 Å². The summed E-state index contributed by atoms with van der Waals surface area (Å²) in [7, 11) is -2.96. The molecule has 0 spiro atoms. The molecule has 1 saturated heterocycles. The highest BCUT2D eigenvalue weighted by molar-refractivity contribution is 9.09. The second-order valence-electron chi connectivity index (χ2n) is 3.21. The van der Waals surface area contributed by atoms with Gasteiger partial charge in [-0.2, -0.15) is 0 Å². The molecule has 1 heterocycles. The number of sulfonamides is 1. The molecule has 0 aromatic heterocycles. The summed E-state index contributed by atoms with van der Waals surface area (Å²) in [6, 6.07) is 0. The molecule has 2 unspecified atom stereocenters. The Morgan fingerprint density at radius 3 is 2.42 bits per heavy atom. The van der Waals surface area contributed by atoms with Gasteiger partial charge in [-0.15, -0.1) is 0 Å². The van der Waals surface area contributed by atoms with Crippen LogP contribution in [-0.2, 0) is 10.0 Å². The van der Waals surface area contributed by atoms with Crippen molar-refractivity contribution < 1.29 is 8.42 Å². The van der Waals surface area contributed by atoms with E-state index in [4.69, 9.17) is 0 Å². The second-order valence-corrected chi connectivity index (χ2v) is 6.64. The first-order chi connectivity index (χ1) is 5.47. The van der Waals surface area contributed by atoms with Crippen LogP contribution in [0.15, 0.2) is 0 Å². The molecule has 0 saturated carbocycles. The average Bonchev–Trinajstić information content (AvgIpc) is 2.33. The Labute approximate surface area is 82.3 Å². The first kappa shape index (κ1) is 10.5. The monoisotopic (exact) mass is 255 g/mol. The minimum atomic E-state index is -2.96. The molecule has 0 radical (unpaired) electrons. The van der Waals surface area contributed by atoms with Crippen LogP contribution in [0.25, 0.3) is 0 Å². The summed E-state index contributed by atoms with van der Waals surface area (Å²) < 4.78 is 24.4. The van der Waals surface area contributed by atoms with Gasteiger partial charge in [0.25, 0.3) is 0 Å². The van der Waals surface area contributed by atoms with Gasteiger partial charge < -0.3 is 0 Å². The first-order valence-corrected chi connectivity index (χ1v) is 6.61. The molecule has 12 heavy (non-hydrogen) atoms. The molecule has 0 N–H and O–H groups in total. The van der Waals surface area contributed by atoms with E-state index in [-0.39, 0.29) is 5.75 Å². The van der Waals surface area contributed by atoms with Crippen LogP contribution < -0.4 is 0 Å². The number of rotatable bonds is 2. The lowest BCUT2D eigenvalue weighted by molar-refractivity contribution is 0.465. The molecule has 1 fully saturated rings. The van der Waals surface area contributed by atoms with Crippen molar-refractivity contribution in [1.82, 2.24) is 4.31 Å². The van der Waals surface area contributed by atoms with Crippen molar-refractivity contribution in [3.8, 4) is 0 Å². The Bertz CT molecular complexity index is 242. The zero-order valence-electron chi connectivity index (χ0n) is 7.33. The fourth-order valence-electron chi connectivity index (χ4n) is 1.29. The molecule has 0 aromatic rings. The van der Waals surface area contributed by atoms with E-state index in [0.717, 1.165) is 0 Å². The second kappa shape index (κ2) is 3.64. The molecule has 72 valence electrons. The van der Waals surface area contributed by atoms with E-state index in [0.29, 0.717) is 23.8 Å². The molecule has 0 amide bonds. The highest BCUT2D eigenvalue weighted by atomic mass is 79.9. The van der Waals surface area contributed by atoms with E-state index in [1.54, 1.807) is 11.2 Å². The van der Waals surface area contributed by atoms with Crippen molar-refractivity contribution in [2.45, 2.75) is 18.7 Å². The van der Waals surface area contributed by atoms with Crippen molar-refractivity contribution >= 4 is 26.0 Å². The maximum absolute atomic E-state index is 11.4. The normalized spacial score (nSPS) is 32.6. The van der Waals surface area contributed by atoms with Gasteiger partial charge in [0.15, 0.2) is 0 Å². The van der Waals surface area contributed by atoms with Crippen LogP contribution in [0, 0.1) is 5.92 Å². The third-order valence-corrected chi connectivity index (χ3v) is 5.25. The van der Waals surface area contributed by atoms with Crippen molar-refractivity contribution in [1.29, 1.82) is 0 Å². The molecule has 3 nitrogen and oxygen atoms in total.